The monoisotopic (exact) mass is 213 g/mol. The van der Waals surface area contributed by atoms with Gasteiger partial charge in [0, 0.05) is 6.16 Å². The van der Waals surface area contributed by atoms with Crippen molar-refractivity contribution in [2.75, 3.05) is 12.7 Å². The molecule has 0 aliphatic rings. The molecule has 0 aliphatic heterocycles. The van der Waals surface area contributed by atoms with Crippen molar-refractivity contribution in [2.45, 2.75) is 6.42 Å². The van der Waals surface area contributed by atoms with Crippen molar-refractivity contribution < 1.29 is 9.46 Å². The lowest BCUT2D eigenvalue weighted by Crippen LogP contribution is -2.19. The molecule has 0 bridgehead atoms. The normalized spacial score (nSPS) is 15.0. The van der Waals surface area contributed by atoms with E-state index in [9.17, 15) is 4.57 Å². The molecule has 0 spiro atoms. The fraction of sp³-hybridized carbons (Fsp3) is 0.400. The maximum atomic E-state index is 10.7. The van der Waals surface area contributed by atoms with Gasteiger partial charge in [0.1, 0.15) is 0 Å². The molecule has 14 heavy (non-hydrogen) atoms. The SMILES string of the molecule is NCC(Cc1ccccc1)C[PH](=O)O. The van der Waals surface area contributed by atoms with Crippen molar-refractivity contribution in [1.82, 2.24) is 0 Å². The van der Waals surface area contributed by atoms with E-state index in [4.69, 9.17) is 10.6 Å². The van der Waals surface area contributed by atoms with Crippen LogP contribution in [-0.4, -0.2) is 17.6 Å². The summed E-state index contributed by atoms with van der Waals surface area (Å²) in [7, 11) is -2.39. The van der Waals surface area contributed by atoms with Gasteiger partial charge in [-0.2, -0.15) is 0 Å². The van der Waals surface area contributed by atoms with E-state index in [2.05, 4.69) is 0 Å². The van der Waals surface area contributed by atoms with E-state index in [0.29, 0.717) is 12.7 Å². The van der Waals surface area contributed by atoms with Crippen LogP contribution < -0.4 is 5.73 Å². The van der Waals surface area contributed by atoms with Crippen molar-refractivity contribution in [3.8, 4) is 0 Å². The highest BCUT2D eigenvalue weighted by Gasteiger charge is 2.09. The van der Waals surface area contributed by atoms with Crippen LogP contribution >= 0.6 is 8.03 Å². The third-order valence-electron chi connectivity index (χ3n) is 2.16. The molecule has 3 nitrogen and oxygen atoms in total. The minimum atomic E-state index is -2.39. The van der Waals surface area contributed by atoms with Crippen LogP contribution in [0.25, 0.3) is 0 Å². The molecule has 1 aromatic rings. The second-order valence-electron chi connectivity index (χ2n) is 3.39. The molecular formula is C10H16NO2P. The van der Waals surface area contributed by atoms with Crippen LogP contribution in [0.2, 0.25) is 0 Å². The first-order valence-electron chi connectivity index (χ1n) is 4.68. The van der Waals surface area contributed by atoms with E-state index in [0.717, 1.165) is 6.42 Å². The van der Waals surface area contributed by atoms with E-state index in [1.165, 1.54) is 5.56 Å². The van der Waals surface area contributed by atoms with Crippen LogP contribution in [0.5, 0.6) is 0 Å². The summed E-state index contributed by atoms with van der Waals surface area (Å²) in [5.41, 5.74) is 6.71. The molecule has 0 aliphatic carbocycles. The van der Waals surface area contributed by atoms with Gasteiger partial charge in [0.15, 0.2) is 8.03 Å². The predicted octanol–water partition coefficient (Wildman–Crippen LogP) is 1.27. The lowest BCUT2D eigenvalue weighted by atomic mass is 10.0. The zero-order chi connectivity index (χ0) is 10.4. The summed E-state index contributed by atoms with van der Waals surface area (Å²) in [5, 5.41) is 0. The smallest absolute Gasteiger partial charge is 0.189 e. The van der Waals surface area contributed by atoms with Gasteiger partial charge in [0.25, 0.3) is 0 Å². The zero-order valence-electron chi connectivity index (χ0n) is 8.02. The fourth-order valence-corrected chi connectivity index (χ4v) is 2.24. The van der Waals surface area contributed by atoms with E-state index >= 15 is 0 Å². The average molecular weight is 213 g/mol. The van der Waals surface area contributed by atoms with Crippen molar-refractivity contribution in [3.05, 3.63) is 35.9 Å². The summed E-state index contributed by atoms with van der Waals surface area (Å²) < 4.78 is 10.7. The van der Waals surface area contributed by atoms with Crippen LogP contribution in [0.15, 0.2) is 30.3 Å². The Kier molecular flexibility index (Phi) is 4.88. The van der Waals surface area contributed by atoms with Crippen LogP contribution in [-0.2, 0) is 11.0 Å². The standard InChI is InChI=1S/C10H16NO2P/c11-7-10(8-14(12)13)6-9-4-2-1-3-5-9/h1-5,10,14H,6-8,11H2,(H,12,13). The Bertz CT molecular complexity index is 289. The Labute approximate surface area is 84.8 Å². The molecule has 3 N–H and O–H groups in total. The third kappa shape index (κ3) is 4.05. The molecule has 2 unspecified atom stereocenters. The number of benzene rings is 1. The number of nitrogens with two attached hydrogens (primary N) is 1. The lowest BCUT2D eigenvalue weighted by Gasteiger charge is -2.12. The lowest BCUT2D eigenvalue weighted by molar-refractivity contribution is 0.483. The molecule has 0 saturated heterocycles. The molecule has 0 fully saturated rings. The van der Waals surface area contributed by atoms with Crippen molar-refractivity contribution in [3.63, 3.8) is 0 Å². The Morgan fingerprint density at radius 2 is 2.00 bits per heavy atom. The zero-order valence-corrected chi connectivity index (χ0v) is 9.02. The molecular weight excluding hydrogens is 197 g/mol. The van der Waals surface area contributed by atoms with Crippen molar-refractivity contribution in [1.29, 1.82) is 0 Å². The first kappa shape index (κ1) is 11.4. The van der Waals surface area contributed by atoms with E-state index in [-0.39, 0.29) is 5.92 Å². The average Bonchev–Trinajstić information content (AvgIpc) is 2.17. The second kappa shape index (κ2) is 5.97. The molecule has 0 amide bonds. The Morgan fingerprint density at radius 1 is 1.36 bits per heavy atom. The maximum absolute atomic E-state index is 10.7. The minimum absolute atomic E-state index is 0.119. The van der Waals surface area contributed by atoms with Crippen LogP contribution in [0.3, 0.4) is 0 Å². The molecule has 1 rings (SSSR count). The highest BCUT2D eigenvalue weighted by atomic mass is 31.1. The predicted molar refractivity (Wildman–Crippen MR) is 58.8 cm³/mol. The molecule has 78 valence electrons. The van der Waals surface area contributed by atoms with Gasteiger partial charge in [-0.1, -0.05) is 30.3 Å². The van der Waals surface area contributed by atoms with Crippen LogP contribution in [0, 0.1) is 5.92 Å². The molecule has 1 aromatic carbocycles. The molecule has 0 aromatic heterocycles. The number of rotatable bonds is 5. The Morgan fingerprint density at radius 3 is 2.50 bits per heavy atom. The number of hydrogen-bond acceptors (Lipinski definition) is 2. The number of hydrogen-bond donors (Lipinski definition) is 2. The van der Waals surface area contributed by atoms with Crippen molar-refractivity contribution >= 4 is 8.03 Å². The van der Waals surface area contributed by atoms with Gasteiger partial charge in [0.2, 0.25) is 0 Å². The molecule has 0 saturated carbocycles. The maximum Gasteiger partial charge on any atom is 0.189 e. The summed E-state index contributed by atoms with van der Waals surface area (Å²) >= 11 is 0. The molecule has 0 radical (unpaired) electrons. The first-order chi connectivity index (χ1) is 6.72. The Balaban J connectivity index is 2.53. The van der Waals surface area contributed by atoms with E-state index in [1.54, 1.807) is 0 Å². The highest BCUT2D eigenvalue weighted by molar-refractivity contribution is 7.38. The van der Waals surface area contributed by atoms with Gasteiger partial charge in [-0.25, -0.2) is 0 Å². The van der Waals surface area contributed by atoms with Crippen molar-refractivity contribution in [2.24, 2.45) is 11.7 Å². The van der Waals surface area contributed by atoms with Crippen LogP contribution in [0.1, 0.15) is 5.56 Å². The van der Waals surface area contributed by atoms with Gasteiger partial charge in [0.05, 0.1) is 0 Å². The topological polar surface area (TPSA) is 63.3 Å². The van der Waals surface area contributed by atoms with Gasteiger partial charge >= 0.3 is 0 Å². The fourth-order valence-electron chi connectivity index (χ4n) is 1.43. The Hall–Kier alpha value is -0.630. The minimum Gasteiger partial charge on any atom is -0.346 e. The molecule has 2 atom stereocenters. The first-order valence-corrected chi connectivity index (χ1v) is 6.24. The van der Waals surface area contributed by atoms with Gasteiger partial charge in [-0.05, 0) is 24.4 Å². The summed E-state index contributed by atoms with van der Waals surface area (Å²) in [5.74, 6) is 0.119. The quantitative estimate of drug-likeness (QED) is 0.724. The molecule has 0 heterocycles. The summed E-state index contributed by atoms with van der Waals surface area (Å²) in [4.78, 5) is 8.82. The highest BCUT2D eigenvalue weighted by Crippen LogP contribution is 2.20. The summed E-state index contributed by atoms with van der Waals surface area (Å²) in [6.45, 7) is 0.464. The summed E-state index contributed by atoms with van der Waals surface area (Å²) in [6.07, 6.45) is 1.12. The van der Waals surface area contributed by atoms with E-state index < -0.39 is 8.03 Å². The van der Waals surface area contributed by atoms with Crippen LogP contribution in [0.4, 0.5) is 0 Å². The van der Waals surface area contributed by atoms with E-state index in [1.807, 2.05) is 30.3 Å². The molecule has 4 heteroatoms. The second-order valence-corrected chi connectivity index (χ2v) is 4.59. The largest absolute Gasteiger partial charge is 0.346 e. The summed E-state index contributed by atoms with van der Waals surface area (Å²) in [6, 6.07) is 9.90. The van der Waals surface area contributed by atoms with Gasteiger partial charge < -0.3 is 10.6 Å². The van der Waals surface area contributed by atoms with Gasteiger partial charge in [-0.3, -0.25) is 4.57 Å². The van der Waals surface area contributed by atoms with Gasteiger partial charge in [-0.15, -0.1) is 0 Å². The third-order valence-corrected chi connectivity index (χ3v) is 3.09.